The molecule has 1 aromatic rings. The van der Waals surface area contributed by atoms with Gasteiger partial charge in [0.15, 0.2) is 0 Å². The van der Waals surface area contributed by atoms with Gasteiger partial charge in [-0.15, -0.1) is 0 Å². The zero-order chi connectivity index (χ0) is 14.8. The van der Waals surface area contributed by atoms with Crippen molar-refractivity contribution in [3.05, 3.63) is 35.4 Å². The van der Waals surface area contributed by atoms with Crippen LogP contribution in [-0.2, 0) is 28.0 Å². The van der Waals surface area contributed by atoms with Gasteiger partial charge in [-0.3, -0.25) is 4.79 Å². The average molecular weight is 297 g/mol. The van der Waals surface area contributed by atoms with Gasteiger partial charge in [-0.05, 0) is 17.5 Å². The Morgan fingerprint density at radius 1 is 1.30 bits per heavy atom. The normalized spacial score (nSPS) is 15.2. The maximum atomic E-state index is 12.1. The lowest BCUT2D eigenvalue weighted by Crippen LogP contribution is -2.45. The first-order chi connectivity index (χ1) is 9.40. The Kier molecular flexibility index (Phi) is 4.42. The Morgan fingerprint density at radius 2 is 1.95 bits per heavy atom. The molecule has 110 valence electrons. The molecular weight excluding hydrogens is 278 g/mol. The van der Waals surface area contributed by atoms with Crippen LogP contribution >= 0.6 is 0 Å². The Hall–Kier alpha value is -1.44. The molecule has 1 aromatic carbocycles. The minimum atomic E-state index is -3.56. The predicted molar refractivity (Wildman–Crippen MR) is 76.2 cm³/mol. The number of amides is 1. The highest BCUT2D eigenvalue weighted by Crippen LogP contribution is 2.18. The predicted octanol–water partition coefficient (Wildman–Crippen LogP) is -0.0327. The first kappa shape index (κ1) is 15.0. The summed E-state index contributed by atoms with van der Waals surface area (Å²) in [5, 5.41) is 0. The fourth-order valence-corrected chi connectivity index (χ4v) is 2.67. The van der Waals surface area contributed by atoms with Crippen LogP contribution in [0.15, 0.2) is 24.3 Å². The summed E-state index contributed by atoms with van der Waals surface area (Å²) in [5.41, 5.74) is 2.38. The van der Waals surface area contributed by atoms with Gasteiger partial charge in [-0.1, -0.05) is 24.3 Å². The van der Waals surface area contributed by atoms with E-state index in [2.05, 4.69) is 10.8 Å². The quantitative estimate of drug-likeness (QED) is 0.848. The molecule has 0 saturated heterocycles. The van der Waals surface area contributed by atoms with Gasteiger partial charge in [-0.2, -0.15) is 17.4 Å². The number of carbonyl (C=O) groups is 1. The average Bonchev–Trinajstić information content (AvgIpc) is 2.44. The second-order valence-corrected chi connectivity index (χ2v) is 6.91. The first-order valence-corrected chi connectivity index (χ1v) is 7.86. The molecule has 0 fully saturated rings. The van der Waals surface area contributed by atoms with Crippen LogP contribution in [0, 0.1) is 0 Å². The Morgan fingerprint density at radius 3 is 2.60 bits per heavy atom. The van der Waals surface area contributed by atoms with Crippen LogP contribution < -0.4 is 4.72 Å². The van der Waals surface area contributed by atoms with Gasteiger partial charge in [0.2, 0.25) is 5.91 Å². The van der Waals surface area contributed by atoms with Crippen molar-refractivity contribution in [3.8, 4) is 0 Å². The van der Waals surface area contributed by atoms with Crippen molar-refractivity contribution in [3.63, 3.8) is 0 Å². The second kappa shape index (κ2) is 5.90. The topological polar surface area (TPSA) is 69.7 Å². The van der Waals surface area contributed by atoms with Crippen LogP contribution in [0.1, 0.15) is 11.1 Å². The number of hydrogen-bond acceptors (Lipinski definition) is 3. The molecule has 0 aliphatic carbocycles. The highest BCUT2D eigenvalue weighted by molar-refractivity contribution is 7.87. The third-order valence-electron chi connectivity index (χ3n) is 3.37. The fraction of sp³-hybridized carbons (Fsp3) is 0.462. The van der Waals surface area contributed by atoms with Gasteiger partial charge in [0.1, 0.15) is 0 Å². The SMILES string of the molecule is CN(C)S(=O)(=O)NCC(=O)N1CCc2ccccc2C1. The second-order valence-electron chi connectivity index (χ2n) is 4.94. The van der Waals surface area contributed by atoms with Crippen LogP contribution in [0.25, 0.3) is 0 Å². The molecule has 7 heteroatoms. The van der Waals surface area contributed by atoms with E-state index < -0.39 is 10.2 Å². The van der Waals surface area contributed by atoms with Crippen molar-refractivity contribution >= 4 is 16.1 Å². The lowest BCUT2D eigenvalue weighted by Gasteiger charge is -2.29. The summed E-state index contributed by atoms with van der Waals surface area (Å²) in [5.74, 6) is -0.204. The Bertz CT molecular complexity index is 599. The summed E-state index contributed by atoms with van der Waals surface area (Å²) in [7, 11) is -0.715. The Balaban J connectivity index is 1.96. The molecule has 1 aliphatic heterocycles. The number of nitrogens with one attached hydrogen (secondary N) is 1. The van der Waals surface area contributed by atoms with Crippen molar-refractivity contribution in [1.29, 1.82) is 0 Å². The van der Waals surface area contributed by atoms with Crippen LogP contribution in [0.2, 0.25) is 0 Å². The summed E-state index contributed by atoms with van der Waals surface area (Å²) >= 11 is 0. The molecule has 0 bridgehead atoms. The summed E-state index contributed by atoms with van der Waals surface area (Å²) in [6, 6.07) is 7.99. The van der Waals surface area contributed by atoms with E-state index in [0.717, 1.165) is 16.3 Å². The lowest BCUT2D eigenvalue weighted by molar-refractivity contribution is -0.130. The molecule has 0 spiro atoms. The van der Waals surface area contributed by atoms with Gasteiger partial charge >= 0.3 is 0 Å². The van der Waals surface area contributed by atoms with Crippen LogP contribution in [0.4, 0.5) is 0 Å². The molecular formula is C13H19N3O3S. The summed E-state index contributed by atoms with van der Waals surface area (Å²) < 4.78 is 26.5. The maximum Gasteiger partial charge on any atom is 0.279 e. The monoisotopic (exact) mass is 297 g/mol. The summed E-state index contributed by atoms with van der Waals surface area (Å²) in [6.07, 6.45) is 0.808. The summed E-state index contributed by atoms with van der Waals surface area (Å²) in [4.78, 5) is 13.7. The molecule has 0 saturated carbocycles. The van der Waals surface area contributed by atoms with Gasteiger partial charge < -0.3 is 4.90 Å². The van der Waals surface area contributed by atoms with Crippen molar-refractivity contribution in [2.24, 2.45) is 0 Å². The zero-order valence-electron chi connectivity index (χ0n) is 11.7. The molecule has 1 aliphatic rings. The van der Waals surface area contributed by atoms with E-state index in [-0.39, 0.29) is 12.5 Å². The minimum absolute atomic E-state index is 0.204. The zero-order valence-corrected chi connectivity index (χ0v) is 12.5. The fourth-order valence-electron chi connectivity index (χ4n) is 2.10. The van der Waals surface area contributed by atoms with Crippen LogP contribution in [-0.4, -0.2) is 50.7 Å². The van der Waals surface area contributed by atoms with Crippen molar-refractivity contribution in [2.45, 2.75) is 13.0 Å². The van der Waals surface area contributed by atoms with E-state index in [9.17, 15) is 13.2 Å². The highest BCUT2D eigenvalue weighted by atomic mass is 32.2. The number of benzene rings is 1. The molecule has 0 radical (unpaired) electrons. The standard InChI is InChI=1S/C13H19N3O3S/c1-15(2)20(18,19)14-9-13(17)16-8-7-11-5-3-4-6-12(11)10-16/h3-6,14H,7-10H2,1-2H3. The van der Waals surface area contributed by atoms with Gasteiger partial charge in [0.05, 0.1) is 6.54 Å². The maximum absolute atomic E-state index is 12.1. The van der Waals surface area contributed by atoms with E-state index in [1.165, 1.54) is 19.7 Å². The van der Waals surface area contributed by atoms with E-state index in [1.807, 2.05) is 18.2 Å². The largest absolute Gasteiger partial charge is 0.337 e. The van der Waals surface area contributed by atoms with Gasteiger partial charge in [0.25, 0.3) is 10.2 Å². The van der Waals surface area contributed by atoms with Crippen molar-refractivity contribution in [1.82, 2.24) is 13.9 Å². The number of fused-ring (bicyclic) bond motifs is 1. The molecule has 20 heavy (non-hydrogen) atoms. The molecule has 0 aromatic heterocycles. The minimum Gasteiger partial charge on any atom is -0.337 e. The smallest absolute Gasteiger partial charge is 0.279 e. The van der Waals surface area contributed by atoms with Gasteiger partial charge in [0, 0.05) is 27.2 Å². The van der Waals surface area contributed by atoms with Crippen molar-refractivity contribution in [2.75, 3.05) is 27.2 Å². The number of hydrogen-bond donors (Lipinski definition) is 1. The third kappa shape index (κ3) is 3.36. The van der Waals surface area contributed by atoms with Crippen LogP contribution in [0.5, 0.6) is 0 Å². The molecule has 2 rings (SSSR count). The number of nitrogens with zero attached hydrogens (tertiary/aromatic N) is 2. The molecule has 6 nitrogen and oxygen atoms in total. The van der Waals surface area contributed by atoms with E-state index >= 15 is 0 Å². The van der Waals surface area contributed by atoms with Crippen LogP contribution in [0.3, 0.4) is 0 Å². The molecule has 1 amide bonds. The first-order valence-electron chi connectivity index (χ1n) is 6.42. The van der Waals surface area contributed by atoms with E-state index in [0.29, 0.717) is 13.1 Å². The summed E-state index contributed by atoms with van der Waals surface area (Å²) in [6.45, 7) is 0.959. The molecule has 0 atom stereocenters. The van der Waals surface area contributed by atoms with E-state index in [1.54, 1.807) is 4.90 Å². The molecule has 1 heterocycles. The van der Waals surface area contributed by atoms with E-state index in [4.69, 9.17) is 0 Å². The number of rotatable bonds is 4. The molecule has 0 unspecified atom stereocenters. The van der Waals surface area contributed by atoms with Crippen molar-refractivity contribution < 1.29 is 13.2 Å². The highest BCUT2D eigenvalue weighted by Gasteiger charge is 2.22. The van der Waals surface area contributed by atoms with Gasteiger partial charge in [-0.25, -0.2) is 0 Å². The lowest BCUT2D eigenvalue weighted by atomic mass is 10.00. The Labute approximate surface area is 119 Å². The molecule has 1 N–H and O–H groups in total. The number of carbonyl (C=O) groups excluding carboxylic acids is 1. The third-order valence-corrected chi connectivity index (χ3v) is 4.84.